The lowest BCUT2D eigenvalue weighted by Crippen LogP contribution is -2.44. The molecule has 142 valence electrons. The number of alkyl halides is 3. The van der Waals surface area contributed by atoms with E-state index in [1.54, 1.807) is 0 Å². The summed E-state index contributed by atoms with van der Waals surface area (Å²) in [5.41, 5.74) is 0.170. The number of benzene rings is 1. The number of amides is 1. The largest absolute Gasteiger partial charge is 0.416 e. The van der Waals surface area contributed by atoms with Crippen LogP contribution >= 0.6 is 0 Å². The van der Waals surface area contributed by atoms with E-state index < -0.39 is 11.7 Å². The number of hydrogen-bond acceptors (Lipinski definition) is 3. The van der Waals surface area contributed by atoms with Crippen molar-refractivity contribution in [1.29, 1.82) is 0 Å². The monoisotopic (exact) mass is 367 g/mol. The summed E-state index contributed by atoms with van der Waals surface area (Å²) >= 11 is 0. The Labute approximate surface area is 151 Å². The highest BCUT2D eigenvalue weighted by Gasteiger charge is 2.32. The molecule has 4 nitrogen and oxygen atoms in total. The molecule has 1 aromatic carbocycles. The molecule has 0 radical (unpaired) electrons. The quantitative estimate of drug-likeness (QED) is 0.827. The van der Waals surface area contributed by atoms with E-state index in [-0.39, 0.29) is 17.5 Å². The number of nitrogens with zero attached hydrogens (tertiary/aromatic N) is 2. The fraction of sp³-hybridized carbons (Fsp3) is 0.526. The highest BCUT2D eigenvalue weighted by Crippen LogP contribution is 2.36. The van der Waals surface area contributed by atoms with Crippen molar-refractivity contribution in [1.82, 2.24) is 4.90 Å². The summed E-state index contributed by atoms with van der Waals surface area (Å²) in [4.78, 5) is 16.8. The van der Waals surface area contributed by atoms with E-state index in [4.69, 9.17) is 0 Å². The topological polar surface area (TPSA) is 35.6 Å². The number of rotatable bonds is 3. The molecule has 1 aliphatic heterocycles. The molecular formula is C19H24F3N3O. The highest BCUT2D eigenvalue weighted by atomic mass is 19.4. The van der Waals surface area contributed by atoms with E-state index in [9.17, 15) is 18.0 Å². The number of allylic oxidation sites excluding steroid dienone is 2. The van der Waals surface area contributed by atoms with Gasteiger partial charge in [0.25, 0.3) is 0 Å². The van der Waals surface area contributed by atoms with E-state index in [1.165, 1.54) is 6.07 Å². The first kappa shape index (κ1) is 18.8. The van der Waals surface area contributed by atoms with Gasteiger partial charge in [-0.2, -0.15) is 13.2 Å². The van der Waals surface area contributed by atoms with Gasteiger partial charge in [0.05, 0.1) is 16.9 Å². The first-order valence-corrected chi connectivity index (χ1v) is 8.95. The van der Waals surface area contributed by atoms with Crippen LogP contribution in [0.2, 0.25) is 0 Å². The minimum atomic E-state index is -4.44. The van der Waals surface area contributed by atoms with Crippen molar-refractivity contribution in [3.8, 4) is 0 Å². The lowest BCUT2D eigenvalue weighted by atomic mass is 9.93. The zero-order valence-electron chi connectivity index (χ0n) is 14.9. The van der Waals surface area contributed by atoms with Gasteiger partial charge in [-0.3, -0.25) is 4.79 Å². The Kier molecular flexibility index (Phi) is 5.55. The van der Waals surface area contributed by atoms with Gasteiger partial charge >= 0.3 is 6.18 Å². The van der Waals surface area contributed by atoms with Crippen LogP contribution < -0.4 is 10.2 Å². The fourth-order valence-electron chi connectivity index (χ4n) is 3.40. The summed E-state index contributed by atoms with van der Waals surface area (Å²) in [6.45, 7) is 3.11. The molecule has 2 aliphatic rings. The molecule has 0 bridgehead atoms. The number of nitrogens with one attached hydrogen (secondary N) is 1. The molecule has 0 spiro atoms. The third-order valence-electron chi connectivity index (χ3n) is 5.07. The van der Waals surface area contributed by atoms with Gasteiger partial charge < -0.3 is 15.1 Å². The molecule has 1 heterocycles. The van der Waals surface area contributed by atoms with E-state index >= 15 is 0 Å². The number of anilines is 2. The Morgan fingerprint density at radius 1 is 1.15 bits per heavy atom. The minimum Gasteiger partial charge on any atom is -0.367 e. The number of halogens is 3. The molecule has 1 amide bonds. The molecule has 1 saturated heterocycles. The molecule has 1 atom stereocenters. The van der Waals surface area contributed by atoms with Crippen molar-refractivity contribution in [3.63, 3.8) is 0 Å². The van der Waals surface area contributed by atoms with Crippen molar-refractivity contribution in [3.05, 3.63) is 35.9 Å². The van der Waals surface area contributed by atoms with Gasteiger partial charge in [-0.25, -0.2) is 0 Å². The first-order valence-electron chi connectivity index (χ1n) is 8.95. The van der Waals surface area contributed by atoms with Crippen molar-refractivity contribution >= 4 is 17.3 Å². The SMILES string of the molecule is CN1CCN(c2ccc(C(F)(F)F)cc2NC(=O)[C@H]2CC=CCC2)CC1. The summed E-state index contributed by atoms with van der Waals surface area (Å²) < 4.78 is 39.4. The zero-order valence-corrected chi connectivity index (χ0v) is 14.9. The molecule has 0 unspecified atom stereocenters. The molecule has 0 saturated carbocycles. The van der Waals surface area contributed by atoms with E-state index in [0.717, 1.165) is 51.2 Å². The Bertz CT molecular complexity index is 679. The Morgan fingerprint density at radius 3 is 2.50 bits per heavy atom. The predicted octanol–water partition coefficient (Wildman–Crippen LogP) is 3.75. The third-order valence-corrected chi connectivity index (χ3v) is 5.07. The lowest BCUT2D eigenvalue weighted by Gasteiger charge is -2.35. The molecule has 0 aromatic heterocycles. The van der Waals surface area contributed by atoms with Crippen LogP contribution in [0.1, 0.15) is 24.8 Å². The van der Waals surface area contributed by atoms with Gasteiger partial charge in [-0.05, 0) is 44.5 Å². The smallest absolute Gasteiger partial charge is 0.367 e. The summed E-state index contributed by atoms with van der Waals surface area (Å²) in [5, 5.41) is 2.77. The van der Waals surface area contributed by atoms with Gasteiger partial charge in [0.2, 0.25) is 5.91 Å². The van der Waals surface area contributed by atoms with E-state index in [2.05, 4.69) is 10.2 Å². The molecule has 26 heavy (non-hydrogen) atoms. The van der Waals surface area contributed by atoms with Gasteiger partial charge in [0.1, 0.15) is 0 Å². The van der Waals surface area contributed by atoms with E-state index in [0.29, 0.717) is 12.1 Å². The highest BCUT2D eigenvalue weighted by molar-refractivity contribution is 5.96. The van der Waals surface area contributed by atoms with Crippen LogP contribution in [0.25, 0.3) is 0 Å². The summed E-state index contributed by atoms with van der Waals surface area (Å²) in [5.74, 6) is -0.390. The number of piperazine rings is 1. The maximum atomic E-state index is 13.1. The number of carbonyl (C=O) groups is 1. The van der Waals surface area contributed by atoms with Gasteiger partial charge in [-0.15, -0.1) is 0 Å². The Morgan fingerprint density at radius 2 is 1.88 bits per heavy atom. The van der Waals surface area contributed by atoms with Crippen LogP contribution in [-0.4, -0.2) is 44.0 Å². The van der Waals surface area contributed by atoms with Crippen molar-refractivity contribution < 1.29 is 18.0 Å². The van der Waals surface area contributed by atoms with Crippen molar-refractivity contribution in [2.75, 3.05) is 43.4 Å². The number of likely N-dealkylation sites (N-methyl/N-ethyl adjacent to an activating group) is 1. The minimum absolute atomic E-state index is 0.185. The van der Waals surface area contributed by atoms with Crippen LogP contribution in [0.4, 0.5) is 24.5 Å². The molecule has 7 heteroatoms. The maximum absolute atomic E-state index is 13.1. The molecule has 1 N–H and O–H groups in total. The van der Waals surface area contributed by atoms with Crippen LogP contribution in [0.3, 0.4) is 0 Å². The van der Waals surface area contributed by atoms with Crippen molar-refractivity contribution in [2.45, 2.75) is 25.4 Å². The van der Waals surface area contributed by atoms with Gasteiger partial charge in [0.15, 0.2) is 0 Å². The molecular weight excluding hydrogens is 343 g/mol. The van der Waals surface area contributed by atoms with Gasteiger partial charge in [-0.1, -0.05) is 12.2 Å². The third kappa shape index (κ3) is 4.38. The standard InChI is InChI=1S/C19H24F3N3O/c1-24-9-11-25(12-10-24)17-8-7-15(19(20,21)22)13-16(17)23-18(26)14-5-3-2-4-6-14/h2-3,7-8,13-14H,4-6,9-12H2,1H3,(H,23,26)/t14-/m0/s1. The summed E-state index contributed by atoms with van der Waals surface area (Å²) in [7, 11) is 2.02. The van der Waals surface area contributed by atoms with Crippen LogP contribution in [-0.2, 0) is 11.0 Å². The molecule has 3 rings (SSSR count). The summed E-state index contributed by atoms with van der Waals surface area (Å²) in [6, 6.07) is 3.63. The maximum Gasteiger partial charge on any atom is 0.416 e. The number of hydrogen-bond donors (Lipinski definition) is 1. The first-order chi connectivity index (χ1) is 12.3. The van der Waals surface area contributed by atoms with Crippen LogP contribution in [0.5, 0.6) is 0 Å². The normalized spacial score (nSPS) is 21.7. The number of carbonyl (C=O) groups excluding carboxylic acids is 1. The van der Waals surface area contributed by atoms with Crippen molar-refractivity contribution in [2.24, 2.45) is 5.92 Å². The van der Waals surface area contributed by atoms with E-state index in [1.807, 2.05) is 24.1 Å². The average Bonchev–Trinajstić information content (AvgIpc) is 2.62. The average molecular weight is 367 g/mol. The molecule has 1 aromatic rings. The second-order valence-electron chi connectivity index (χ2n) is 6.99. The second-order valence-corrected chi connectivity index (χ2v) is 6.99. The lowest BCUT2D eigenvalue weighted by molar-refractivity contribution is -0.137. The van der Waals surface area contributed by atoms with Crippen LogP contribution in [0, 0.1) is 5.92 Å². The Balaban J connectivity index is 1.86. The predicted molar refractivity (Wildman–Crippen MR) is 96.3 cm³/mol. The Hall–Kier alpha value is -2.02. The molecule has 1 aliphatic carbocycles. The zero-order chi connectivity index (χ0) is 18.7. The second kappa shape index (κ2) is 7.70. The summed E-state index contributed by atoms with van der Waals surface area (Å²) in [6.07, 6.45) is 1.74. The fourth-order valence-corrected chi connectivity index (χ4v) is 3.40. The van der Waals surface area contributed by atoms with Crippen LogP contribution in [0.15, 0.2) is 30.4 Å². The van der Waals surface area contributed by atoms with Gasteiger partial charge in [0, 0.05) is 32.1 Å². The molecule has 1 fully saturated rings.